The van der Waals surface area contributed by atoms with Crippen LogP contribution in [0.1, 0.15) is 73.6 Å². The highest BCUT2D eigenvalue weighted by Gasteiger charge is 1.99. The minimum Gasteiger partial charge on any atom is -0.0950 e. The van der Waals surface area contributed by atoms with Gasteiger partial charge in [0.15, 0.2) is 0 Å². The molecule has 0 aromatic rings. The summed E-state index contributed by atoms with van der Waals surface area (Å²) in [6, 6.07) is 0. The van der Waals surface area contributed by atoms with E-state index in [1.54, 1.807) is 0 Å². The Balaban J connectivity index is 0. The lowest BCUT2D eigenvalue weighted by molar-refractivity contribution is 0.656. The maximum Gasteiger partial charge on any atom is 0.237 e. The van der Waals surface area contributed by atoms with Crippen molar-refractivity contribution in [3.8, 4) is 0 Å². The predicted molar refractivity (Wildman–Crippen MR) is 80.9 cm³/mol. The maximum absolute atomic E-state index is 2.33. The van der Waals surface area contributed by atoms with Gasteiger partial charge in [0.25, 0.3) is 0 Å². The van der Waals surface area contributed by atoms with Crippen molar-refractivity contribution in [2.75, 3.05) is 0 Å². The molecule has 0 amide bonds. The fraction of sp³-hybridized carbons (Fsp3) is 1.00. The number of rotatable bonds is 8. The molecule has 0 N–H and O–H groups in total. The van der Waals surface area contributed by atoms with Crippen molar-refractivity contribution in [2.45, 2.75) is 84.2 Å². The van der Waals surface area contributed by atoms with Gasteiger partial charge in [0, 0.05) is 0 Å². The Morgan fingerprint density at radius 2 is 1.06 bits per heavy atom. The van der Waals surface area contributed by atoms with Crippen LogP contribution in [-0.2, 0) is 0 Å². The predicted octanol–water partition coefficient (Wildman–Crippen LogP) is 5.55. The Morgan fingerprint density at radius 3 is 1.31 bits per heavy atom. The summed E-state index contributed by atoms with van der Waals surface area (Å²) in [7, 11) is 0. The number of hydrogen-bond acceptors (Lipinski definition) is 0. The highest BCUT2D eigenvalue weighted by molar-refractivity contribution is 6.35. The van der Waals surface area contributed by atoms with Gasteiger partial charge >= 0.3 is 0 Å². The molecule has 0 rings (SSSR count). The fourth-order valence-electron chi connectivity index (χ4n) is 1.61. The summed E-state index contributed by atoms with van der Waals surface area (Å²) in [5.74, 6) is 1.91. The Labute approximate surface area is 111 Å². The van der Waals surface area contributed by atoms with Crippen LogP contribution in [0.4, 0.5) is 0 Å². The Bertz CT molecular complexity index is 96.0. The first-order valence-corrected chi connectivity index (χ1v) is 9.54. The van der Waals surface area contributed by atoms with Crippen LogP contribution >= 0.6 is 0 Å². The summed E-state index contributed by atoms with van der Waals surface area (Å²) in [5.41, 5.74) is 0. The normalized spacial score (nSPS) is 10.2. The van der Waals surface area contributed by atoms with Crippen LogP contribution in [0.3, 0.4) is 0 Å². The fourth-order valence-corrected chi connectivity index (χ4v) is 3.48. The topological polar surface area (TPSA) is 0 Å². The van der Waals surface area contributed by atoms with Crippen LogP contribution in [0.15, 0.2) is 0 Å². The molecule has 0 aromatic heterocycles. The first kappa shape index (κ1) is 18.9. The van der Waals surface area contributed by atoms with Crippen molar-refractivity contribution < 1.29 is 0 Å². The molecule has 0 nitrogen and oxygen atoms in total. The van der Waals surface area contributed by atoms with Crippen molar-refractivity contribution in [2.24, 2.45) is 11.8 Å². The van der Waals surface area contributed by atoms with Gasteiger partial charge < -0.3 is 0 Å². The molecule has 0 bridgehead atoms. The molecule has 0 saturated carbocycles. The van der Waals surface area contributed by atoms with Gasteiger partial charge in [-0.25, -0.2) is 0 Å². The van der Waals surface area contributed by atoms with Crippen molar-refractivity contribution >= 4 is 15.2 Å². The zero-order valence-electron chi connectivity index (χ0n) is 12.8. The molecular formula is C15H35Al. The quantitative estimate of drug-likeness (QED) is 0.387. The first-order chi connectivity index (χ1) is 7.54. The zero-order chi connectivity index (χ0) is 12.8. The van der Waals surface area contributed by atoms with Crippen molar-refractivity contribution in [1.29, 1.82) is 0 Å². The minimum atomic E-state index is 0.316. The molecule has 0 atom stereocenters. The lowest BCUT2D eigenvalue weighted by Crippen LogP contribution is -1.99. The van der Waals surface area contributed by atoms with E-state index in [-0.39, 0.29) is 0 Å². The Kier molecular flexibility index (Phi) is 18.3. The Hall–Kier alpha value is 0.532. The minimum absolute atomic E-state index is 0.316. The van der Waals surface area contributed by atoms with Gasteiger partial charge in [-0.3, -0.25) is 0 Å². The van der Waals surface area contributed by atoms with Gasteiger partial charge in [-0.2, -0.15) is 0 Å². The lowest BCUT2D eigenvalue weighted by Gasteiger charge is -2.03. The molecule has 0 aliphatic heterocycles. The third kappa shape index (κ3) is 24.0. The molecule has 1 heteroatoms. The molecule has 0 fully saturated rings. The molecule has 0 aromatic carbocycles. The molecule has 0 saturated heterocycles. The second kappa shape index (κ2) is 15.5. The molecule has 0 aliphatic carbocycles. The molecule has 0 spiro atoms. The van der Waals surface area contributed by atoms with Gasteiger partial charge in [-0.15, -0.1) is 0 Å². The second-order valence-electron chi connectivity index (χ2n) is 5.78. The van der Waals surface area contributed by atoms with Gasteiger partial charge in [0.1, 0.15) is 0 Å². The summed E-state index contributed by atoms with van der Waals surface area (Å²) in [6.07, 6.45) is 7.01. The molecule has 98 valence electrons. The first-order valence-electron chi connectivity index (χ1n) is 7.54. The third-order valence-corrected chi connectivity index (χ3v) is 5.90. The summed E-state index contributed by atoms with van der Waals surface area (Å²) < 4.78 is 0. The van der Waals surface area contributed by atoms with E-state index in [1.165, 1.54) is 42.7 Å². The van der Waals surface area contributed by atoms with E-state index >= 15 is 0 Å². The average Bonchev–Trinajstić information content (AvgIpc) is 2.18. The molecule has 0 heterocycles. The number of hydrogen-bond donors (Lipinski definition) is 0. The highest BCUT2D eigenvalue weighted by atomic mass is 27.1. The van der Waals surface area contributed by atoms with Crippen molar-refractivity contribution in [3.05, 3.63) is 0 Å². The smallest absolute Gasteiger partial charge is 0.0950 e. The van der Waals surface area contributed by atoms with Crippen LogP contribution in [-0.4, -0.2) is 15.2 Å². The van der Waals surface area contributed by atoms with Crippen molar-refractivity contribution in [3.63, 3.8) is 0 Å². The van der Waals surface area contributed by atoms with Gasteiger partial charge in [-0.1, -0.05) is 96.0 Å². The summed E-state index contributed by atoms with van der Waals surface area (Å²) >= 11 is 0.316. The van der Waals surface area contributed by atoms with E-state index < -0.39 is 0 Å². The van der Waals surface area contributed by atoms with Crippen molar-refractivity contribution in [1.82, 2.24) is 0 Å². The largest absolute Gasteiger partial charge is 0.237 e. The third-order valence-electron chi connectivity index (χ3n) is 2.77. The molecular weight excluding hydrogens is 207 g/mol. The average molecular weight is 242 g/mol. The van der Waals surface area contributed by atoms with E-state index in [0.717, 1.165) is 11.8 Å². The van der Waals surface area contributed by atoms with Gasteiger partial charge in [0.2, 0.25) is 15.2 Å². The van der Waals surface area contributed by atoms with Crippen LogP contribution < -0.4 is 0 Å². The van der Waals surface area contributed by atoms with Gasteiger partial charge in [0.05, 0.1) is 0 Å². The lowest BCUT2D eigenvalue weighted by atomic mass is 10.2. The van der Waals surface area contributed by atoms with Crippen LogP contribution in [0, 0.1) is 11.8 Å². The second-order valence-corrected chi connectivity index (χ2v) is 7.64. The van der Waals surface area contributed by atoms with E-state index in [1.807, 2.05) is 0 Å². The van der Waals surface area contributed by atoms with E-state index in [2.05, 4.69) is 41.5 Å². The van der Waals surface area contributed by atoms with E-state index in [0.29, 0.717) is 15.2 Å². The van der Waals surface area contributed by atoms with Gasteiger partial charge in [-0.05, 0) is 0 Å². The van der Waals surface area contributed by atoms with E-state index in [9.17, 15) is 0 Å². The SMILES string of the molecule is CC(C)[CH2][AlH][CH2]C(C)C.CCCCCCC. The molecule has 16 heavy (non-hydrogen) atoms. The van der Waals surface area contributed by atoms with Crippen LogP contribution in [0.5, 0.6) is 0 Å². The Morgan fingerprint density at radius 1 is 0.688 bits per heavy atom. The number of unbranched alkanes of at least 4 members (excludes halogenated alkanes) is 4. The summed E-state index contributed by atoms with van der Waals surface area (Å²) in [4.78, 5) is 0. The standard InChI is InChI=1S/C7H16.2C4H9.Al.H/c1-3-5-7-6-4-2;2*1-4(2)3;;/h3-7H2,1-2H3;2*4H,1H2,2-3H3;;. The summed E-state index contributed by atoms with van der Waals surface area (Å²) in [5, 5.41) is 3.08. The maximum atomic E-state index is 2.33. The monoisotopic (exact) mass is 242 g/mol. The summed E-state index contributed by atoms with van der Waals surface area (Å²) in [6.45, 7) is 13.8. The molecule has 0 radical (unpaired) electrons. The zero-order valence-corrected chi connectivity index (χ0v) is 14.2. The molecule has 0 aliphatic rings. The van der Waals surface area contributed by atoms with Crippen LogP contribution in [0.25, 0.3) is 0 Å². The molecule has 0 unspecified atom stereocenters. The van der Waals surface area contributed by atoms with E-state index in [4.69, 9.17) is 0 Å². The highest BCUT2D eigenvalue weighted by Crippen LogP contribution is 2.05. The van der Waals surface area contributed by atoms with Crippen LogP contribution in [0.2, 0.25) is 10.6 Å².